The summed E-state index contributed by atoms with van der Waals surface area (Å²) in [5, 5.41) is 0. The predicted octanol–water partition coefficient (Wildman–Crippen LogP) is 5.11. The number of rotatable bonds is 6. The maximum Gasteiger partial charge on any atom is 0.165 e. The van der Waals surface area contributed by atoms with E-state index in [9.17, 15) is 4.79 Å². The van der Waals surface area contributed by atoms with E-state index in [0.29, 0.717) is 5.84 Å². The lowest BCUT2D eigenvalue weighted by atomic mass is 9.92. The van der Waals surface area contributed by atoms with Gasteiger partial charge in [0, 0.05) is 21.9 Å². The Kier molecular flexibility index (Phi) is 6.43. The van der Waals surface area contributed by atoms with Crippen LogP contribution in [0.2, 0.25) is 0 Å². The van der Waals surface area contributed by atoms with Crippen molar-refractivity contribution in [3.8, 4) is 0 Å². The summed E-state index contributed by atoms with van der Waals surface area (Å²) in [5.41, 5.74) is 10.7. The summed E-state index contributed by atoms with van der Waals surface area (Å²) in [6, 6.07) is 11.6. The second-order valence-electron chi connectivity index (χ2n) is 6.39. The molecule has 0 aromatic heterocycles. The van der Waals surface area contributed by atoms with Crippen molar-refractivity contribution in [2.24, 2.45) is 16.6 Å². The van der Waals surface area contributed by atoms with Crippen molar-refractivity contribution in [1.82, 2.24) is 0 Å². The second kappa shape index (κ2) is 8.34. The number of nitrogens with zero attached hydrogens (tertiary/aromatic N) is 1. The van der Waals surface area contributed by atoms with Crippen LogP contribution in [0.15, 0.2) is 46.3 Å². The minimum atomic E-state index is 0.0315. The summed E-state index contributed by atoms with van der Waals surface area (Å²) >= 11 is 4.48. The van der Waals surface area contributed by atoms with E-state index >= 15 is 0 Å². The van der Waals surface area contributed by atoms with Crippen molar-refractivity contribution >= 4 is 29.9 Å². The number of aryl methyl sites for hydroxylation is 2. The quantitative estimate of drug-likeness (QED) is 0.328. The fourth-order valence-electron chi connectivity index (χ4n) is 2.69. The molecule has 25 heavy (non-hydrogen) atoms. The molecule has 0 amide bonds. The Morgan fingerprint density at radius 2 is 1.84 bits per heavy atom. The van der Waals surface area contributed by atoms with Gasteiger partial charge in [-0.3, -0.25) is 4.79 Å². The SMILES string of the molecule is CCc1cc(N=C(N)c2ccc(C)cc2S)ccc1C(=O)C(C)CC. The highest BCUT2D eigenvalue weighted by Crippen LogP contribution is 2.24. The number of thiol groups is 1. The van der Waals surface area contributed by atoms with Gasteiger partial charge in [0.2, 0.25) is 0 Å². The number of hydrogen-bond donors (Lipinski definition) is 2. The summed E-state index contributed by atoms with van der Waals surface area (Å²) in [4.78, 5) is 17.9. The van der Waals surface area contributed by atoms with Gasteiger partial charge in [0.05, 0.1) is 5.69 Å². The zero-order valence-corrected chi connectivity index (χ0v) is 16.2. The van der Waals surface area contributed by atoms with Gasteiger partial charge in [-0.15, -0.1) is 12.6 Å². The Labute approximate surface area is 155 Å². The zero-order chi connectivity index (χ0) is 18.6. The third-order valence-corrected chi connectivity index (χ3v) is 4.84. The van der Waals surface area contributed by atoms with E-state index in [1.807, 2.05) is 64.1 Å². The van der Waals surface area contributed by atoms with Crippen LogP contribution in [0.25, 0.3) is 0 Å². The number of nitrogens with two attached hydrogens (primary N) is 1. The average Bonchev–Trinajstić information content (AvgIpc) is 2.60. The molecule has 0 saturated carbocycles. The molecular weight excluding hydrogens is 328 g/mol. The molecule has 132 valence electrons. The Hall–Kier alpha value is -2.07. The van der Waals surface area contributed by atoms with Gasteiger partial charge < -0.3 is 5.73 Å². The van der Waals surface area contributed by atoms with Crippen molar-refractivity contribution in [2.75, 3.05) is 0 Å². The minimum Gasteiger partial charge on any atom is -0.383 e. The first-order valence-electron chi connectivity index (χ1n) is 8.68. The molecule has 0 saturated heterocycles. The summed E-state index contributed by atoms with van der Waals surface area (Å²) in [5.74, 6) is 0.649. The van der Waals surface area contributed by atoms with Gasteiger partial charge in [0.25, 0.3) is 0 Å². The van der Waals surface area contributed by atoms with Crippen LogP contribution in [-0.2, 0) is 6.42 Å². The topological polar surface area (TPSA) is 55.4 Å². The van der Waals surface area contributed by atoms with Gasteiger partial charge in [-0.25, -0.2) is 4.99 Å². The third kappa shape index (κ3) is 4.51. The van der Waals surface area contributed by atoms with Crippen LogP contribution in [-0.4, -0.2) is 11.6 Å². The van der Waals surface area contributed by atoms with Crippen LogP contribution in [0.3, 0.4) is 0 Å². The number of aliphatic imine (C=N–C) groups is 1. The number of hydrogen-bond acceptors (Lipinski definition) is 3. The molecule has 1 unspecified atom stereocenters. The lowest BCUT2D eigenvalue weighted by Crippen LogP contribution is -2.14. The molecule has 2 aromatic rings. The van der Waals surface area contributed by atoms with Crippen LogP contribution < -0.4 is 5.73 Å². The molecular formula is C21H26N2OS. The molecule has 3 nitrogen and oxygen atoms in total. The minimum absolute atomic E-state index is 0.0315. The van der Waals surface area contributed by atoms with Gasteiger partial charge in [0.15, 0.2) is 5.78 Å². The lowest BCUT2D eigenvalue weighted by Gasteiger charge is -2.12. The molecule has 0 heterocycles. The fraction of sp³-hybridized carbons (Fsp3) is 0.333. The van der Waals surface area contributed by atoms with Crippen LogP contribution >= 0.6 is 12.6 Å². The van der Waals surface area contributed by atoms with Gasteiger partial charge in [0.1, 0.15) is 5.84 Å². The third-order valence-electron chi connectivity index (χ3n) is 4.47. The molecule has 2 rings (SSSR count). The normalized spacial score (nSPS) is 12.9. The van der Waals surface area contributed by atoms with Gasteiger partial charge >= 0.3 is 0 Å². The highest BCUT2D eigenvalue weighted by atomic mass is 32.1. The second-order valence-corrected chi connectivity index (χ2v) is 6.87. The summed E-state index contributed by atoms with van der Waals surface area (Å²) < 4.78 is 0. The number of ketones is 1. The van der Waals surface area contributed by atoms with E-state index in [2.05, 4.69) is 17.6 Å². The first-order valence-corrected chi connectivity index (χ1v) is 9.13. The fourth-order valence-corrected chi connectivity index (χ4v) is 3.08. The smallest absolute Gasteiger partial charge is 0.165 e. The van der Waals surface area contributed by atoms with Crippen molar-refractivity contribution in [2.45, 2.75) is 45.4 Å². The van der Waals surface area contributed by atoms with Gasteiger partial charge in [-0.2, -0.15) is 0 Å². The van der Waals surface area contributed by atoms with Crippen molar-refractivity contribution in [3.05, 3.63) is 58.7 Å². The molecule has 0 fully saturated rings. The highest BCUT2D eigenvalue weighted by molar-refractivity contribution is 7.80. The molecule has 2 aromatic carbocycles. The maximum atomic E-state index is 12.5. The maximum absolute atomic E-state index is 12.5. The zero-order valence-electron chi connectivity index (χ0n) is 15.3. The Morgan fingerprint density at radius 3 is 2.44 bits per heavy atom. The van der Waals surface area contributed by atoms with Crippen LogP contribution in [0.4, 0.5) is 5.69 Å². The Bertz CT molecular complexity index is 812. The molecule has 0 radical (unpaired) electrons. The molecule has 4 heteroatoms. The van der Waals surface area contributed by atoms with E-state index in [4.69, 9.17) is 5.73 Å². The first-order chi connectivity index (χ1) is 11.9. The number of Topliss-reactive ketones (excluding diaryl/α,β-unsaturated/α-hetero) is 1. The Balaban J connectivity index is 2.38. The molecule has 0 spiro atoms. The summed E-state index contributed by atoms with van der Waals surface area (Å²) in [7, 11) is 0. The molecule has 0 bridgehead atoms. The van der Waals surface area contributed by atoms with Crippen molar-refractivity contribution in [3.63, 3.8) is 0 Å². The van der Waals surface area contributed by atoms with Crippen molar-refractivity contribution < 1.29 is 4.79 Å². The van der Waals surface area contributed by atoms with E-state index < -0.39 is 0 Å². The monoisotopic (exact) mass is 354 g/mol. The van der Waals surface area contributed by atoms with E-state index in [1.54, 1.807) is 0 Å². The first kappa shape index (κ1) is 19.3. The number of carbonyl (C=O) groups excluding carboxylic acids is 1. The molecule has 1 atom stereocenters. The largest absolute Gasteiger partial charge is 0.383 e. The van der Waals surface area contributed by atoms with E-state index in [-0.39, 0.29) is 11.7 Å². The number of benzene rings is 2. The van der Waals surface area contributed by atoms with Crippen LogP contribution in [0.5, 0.6) is 0 Å². The molecule has 0 aliphatic rings. The molecule has 0 aliphatic heterocycles. The lowest BCUT2D eigenvalue weighted by molar-refractivity contribution is 0.0926. The van der Waals surface area contributed by atoms with Crippen LogP contribution in [0.1, 0.15) is 54.2 Å². The number of amidine groups is 1. The summed E-state index contributed by atoms with van der Waals surface area (Å²) in [6.07, 6.45) is 1.62. The van der Waals surface area contributed by atoms with Gasteiger partial charge in [-0.05, 0) is 61.2 Å². The average molecular weight is 355 g/mol. The van der Waals surface area contributed by atoms with Gasteiger partial charge in [-0.1, -0.05) is 26.8 Å². The Morgan fingerprint density at radius 1 is 1.16 bits per heavy atom. The standard InChI is InChI=1S/C21H26N2OS/c1-5-14(4)20(24)17-10-8-16(12-15(17)6-2)23-21(22)18-9-7-13(3)11-19(18)25/h7-12,14,25H,5-6H2,1-4H3,(H2,22,23). The number of carbonyl (C=O) groups is 1. The predicted molar refractivity (Wildman–Crippen MR) is 108 cm³/mol. The van der Waals surface area contributed by atoms with E-state index in [0.717, 1.165) is 45.7 Å². The van der Waals surface area contributed by atoms with Crippen molar-refractivity contribution in [1.29, 1.82) is 0 Å². The molecule has 2 N–H and O–H groups in total. The van der Waals surface area contributed by atoms with Crippen LogP contribution in [0, 0.1) is 12.8 Å². The highest BCUT2D eigenvalue weighted by Gasteiger charge is 2.16. The molecule has 0 aliphatic carbocycles. The van der Waals surface area contributed by atoms with E-state index in [1.165, 1.54) is 0 Å². The summed E-state index contributed by atoms with van der Waals surface area (Å²) in [6.45, 7) is 8.06.